The van der Waals surface area contributed by atoms with Crippen molar-refractivity contribution in [3.63, 3.8) is 0 Å². The molecule has 2 aromatic carbocycles. The highest BCUT2D eigenvalue weighted by atomic mass is 79.9. The van der Waals surface area contributed by atoms with Gasteiger partial charge in [-0.3, -0.25) is 4.68 Å². The van der Waals surface area contributed by atoms with Crippen LogP contribution in [0.5, 0.6) is 0 Å². The van der Waals surface area contributed by atoms with Gasteiger partial charge in [0.2, 0.25) is 0 Å². The molecule has 0 aliphatic carbocycles. The van der Waals surface area contributed by atoms with Gasteiger partial charge in [-0.1, -0.05) is 46.3 Å². The van der Waals surface area contributed by atoms with Crippen molar-refractivity contribution in [1.82, 2.24) is 9.35 Å². The minimum Gasteiger partial charge on any atom is -0.465 e. The van der Waals surface area contributed by atoms with Crippen molar-refractivity contribution in [2.24, 2.45) is 0 Å². The zero-order valence-electron chi connectivity index (χ0n) is 17.4. The van der Waals surface area contributed by atoms with Gasteiger partial charge in [0, 0.05) is 15.4 Å². The number of halogens is 1. The number of benzene rings is 2. The summed E-state index contributed by atoms with van der Waals surface area (Å²) in [5.41, 5.74) is 3.89. The second-order valence-corrected chi connectivity index (χ2v) is 7.88. The van der Waals surface area contributed by atoms with E-state index < -0.39 is 11.9 Å². The van der Waals surface area contributed by atoms with Crippen LogP contribution in [0.4, 0.5) is 0 Å². The lowest BCUT2D eigenvalue weighted by Crippen LogP contribution is -2.20. The van der Waals surface area contributed by atoms with Crippen LogP contribution >= 0.6 is 15.9 Å². The fourth-order valence-electron chi connectivity index (χ4n) is 3.72. The standard InChI is InChI=1S/C24H21BrN2O4/c1-4-31-24(29)22-13-17-12-18(25)10-11-20(17)27(22)26-15(2)19(23(28)30-3)14-21(26)16-8-6-5-7-9-16/h5-14H,4H2,1-3H3. The van der Waals surface area contributed by atoms with Gasteiger partial charge in [-0.25, -0.2) is 14.3 Å². The minimum atomic E-state index is -0.443. The number of hydrogen-bond donors (Lipinski definition) is 0. The minimum absolute atomic E-state index is 0.258. The van der Waals surface area contributed by atoms with Crippen molar-refractivity contribution < 1.29 is 19.1 Å². The first-order valence-corrected chi connectivity index (χ1v) is 10.6. The van der Waals surface area contributed by atoms with Crippen LogP contribution in [0.1, 0.15) is 33.5 Å². The smallest absolute Gasteiger partial charge is 0.356 e. The third kappa shape index (κ3) is 3.65. The van der Waals surface area contributed by atoms with Crippen LogP contribution in [0.25, 0.3) is 22.2 Å². The molecule has 0 amide bonds. The monoisotopic (exact) mass is 480 g/mol. The van der Waals surface area contributed by atoms with Crippen molar-refractivity contribution in [3.8, 4) is 11.3 Å². The van der Waals surface area contributed by atoms with Gasteiger partial charge in [0.1, 0.15) is 5.69 Å². The lowest BCUT2D eigenvalue weighted by Gasteiger charge is -2.18. The highest BCUT2D eigenvalue weighted by Crippen LogP contribution is 2.31. The fraction of sp³-hybridized carbons (Fsp3) is 0.167. The summed E-state index contributed by atoms with van der Waals surface area (Å²) in [6, 6.07) is 19.1. The molecule has 0 atom stereocenters. The average molecular weight is 481 g/mol. The number of esters is 2. The Bertz CT molecular complexity index is 1290. The molecule has 0 aliphatic heterocycles. The number of fused-ring (bicyclic) bond motifs is 1. The first kappa shape index (κ1) is 20.9. The van der Waals surface area contributed by atoms with E-state index in [0.717, 1.165) is 26.6 Å². The molecule has 7 heteroatoms. The van der Waals surface area contributed by atoms with Gasteiger partial charge in [-0.2, -0.15) is 0 Å². The first-order chi connectivity index (χ1) is 15.0. The Morgan fingerprint density at radius 2 is 1.71 bits per heavy atom. The number of nitrogens with zero attached hydrogens (tertiary/aromatic N) is 2. The molecular formula is C24H21BrN2O4. The summed E-state index contributed by atoms with van der Waals surface area (Å²) in [5.74, 6) is -0.883. The highest BCUT2D eigenvalue weighted by molar-refractivity contribution is 9.10. The van der Waals surface area contributed by atoms with E-state index in [9.17, 15) is 9.59 Å². The van der Waals surface area contributed by atoms with E-state index in [4.69, 9.17) is 9.47 Å². The van der Waals surface area contributed by atoms with E-state index in [1.165, 1.54) is 7.11 Å². The van der Waals surface area contributed by atoms with E-state index in [1.54, 1.807) is 23.7 Å². The van der Waals surface area contributed by atoms with Crippen LogP contribution in [0.3, 0.4) is 0 Å². The quantitative estimate of drug-likeness (QED) is 0.356. The second-order valence-electron chi connectivity index (χ2n) is 6.96. The van der Waals surface area contributed by atoms with Gasteiger partial charge >= 0.3 is 11.9 Å². The molecule has 0 unspecified atom stereocenters. The third-order valence-electron chi connectivity index (χ3n) is 5.11. The molecule has 0 N–H and O–H groups in total. The molecule has 4 aromatic rings. The summed E-state index contributed by atoms with van der Waals surface area (Å²) in [5, 5.41) is 0.865. The van der Waals surface area contributed by atoms with Crippen LogP contribution in [0.2, 0.25) is 0 Å². The number of carbonyl (C=O) groups excluding carboxylic acids is 2. The van der Waals surface area contributed by atoms with Crippen molar-refractivity contribution in [3.05, 3.63) is 82.1 Å². The molecule has 6 nitrogen and oxygen atoms in total. The normalized spacial score (nSPS) is 11.0. The second kappa shape index (κ2) is 8.43. The van der Waals surface area contributed by atoms with Crippen LogP contribution in [-0.4, -0.2) is 35.0 Å². The van der Waals surface area contributed by atoms with E-state index in [-0.39, 0.29) is 6.61 Å². The van der Waals surface area contributed by atoms with Crippen molar-refractivity contribution in [1.29, 1.82) is 0 Å². The Hall–Kier alpha value is -3.32. The van der Waals surface area contributed by atoms with Crippen LogP contribution in [0, 0.1) is 6.92 Å². The van der Waals surface area contributed by atoms with Crippen LogP contribution in [0.15, 0.2) is 65.1 Å². The Morgan fingerprint density at radius 1 is 0.968 bits per heavy atom. The van der Waals surface area contributed by atoms with Gasteiger partial charge in [0.05, 0.1) is 36.2 Å². The van der Waals surface area contributed by atoms with Crippen molar-refractivity contribution in [2.45, 2.75) is 13.8 Å². The van der Waals surface area contributed by atoms with Crippen molar-refractivity contribution in [2.75, 3.05) is 13.7 Å². The van der Waals surface area contributed by atoms with Gasteiger partial charge in [0.15, 0.2) is 0 Å². The molecule has 0 radical (unpaired) electrons. The number of carbonyl (C=O) groups is 2. The SMILES string of the molecule is CCOC(=O)c1cc2cc(Br)ccc2n1-n1c(-c2ccccc2)cc(C(=O)OC)c1C. The maximum absolute atomic E-state index is 12.9. The molecule has 0 aliphatic rings. The lowest BCUT2D eigenvalue weighted by molar-refractivity contribution is 0.0512. The Morgan fingerprint density at radius 3 is 2.39 bits per heavy atom. The van der Waals surface area contributed by atoms with Gasteiger partial charge in [0.25, 0.3) is 0 Å². The predicted molar refractivity (Wildman–Crippen MR) is 122 cm³/mol. The summed E-state index contributed by atoms with van der Waals surface area (Å²) < 4.78 is 14.9. The summed E-state index contributed by atoms with van der Waals surface area (Å²) in [6.07, 6.45) is 0. The Kier molecular flexibility index (Phi) is 5.69. The Balaban J connectivity index is 2.10. The number of ether oxygens (including phenoxy) is 2. The maximum Gasteiger partial charge on any atom is 0.356 e. The van der Waals surface area contributed by atoms with Crippen LogP contribution in [-0.2, 0) is 9.47 Å². The molecule has 2 heterocycles. The van der Waals surface area contributed by atoms with Gasteiger partial charge in [-0.15, -0.1) is 0 Å². The number of rotatable bonds is 5. The topological polar surface area (TPSA) is 62.5 Å². The summed E-state index contributed by atoms with van der Waals surface area (Å²) in [6.45, 7) is 3.86. The zero-order valence-corrected chi connectivity index (χ0v) is 19.0. The zero-order chi connectivity index (χ0) is 22.1. The molecular weight excluding hydrogens is 460 g/mol. The maximum atomic E-state index is 12.9. The lowest BCUT2D eigenvalue weighted by atomic mass is 10.1. The van der Waals surface area contributed by atoms with Crippen LogP contribution < -0.4 is 0 Å². The molecule has 0 bridgehead atoms. The molecule has 31 heavy (non-hydrogen) atoms. The summed E-state index contributed by atoms with van der Waals surface area (Å²) >= 11 is 3.50. The molecule has 2 aromatic heterocycles. The number of hydrogen-bond acceptors (Lipinski definition) is 4. The van der Waals surface area contributed by atoms with E-state index in [1.807, 2.05) is 60.1 Å². The van der Waals surface area contributed by atoms with E-state index >= 15 is 0 Å². The van der Waals surface area contributed by atoms with E-state index in [2.05, 4.69) is 15.9 Å². The summed E-state index contributed by atoms with van der Waals surface area (Å²) in [7, 11) is 1.36. The first-order valence-electron chi connectivity index (χ1n) is 9.81. The average Bonchev–Trinajstić information content (AvgIpc) is 3.31. The van der Waals surface area contributed by atoms with Gasteiger partial charge < -0.3 is 9.47 Å². The van der Waals surface area contributed by atoms with Crippen molar-refractivity contribution >= 4 is 38.8 Å². The molecule has 0 spiro atoms. The molecule has 4 rings (SSSR count). The third-order valence-corrected chi connectivity index (χ3v) is 5.61. The number of methoxy groups -OCH3 is 1. The molecule has 158 valence electrons. The van der Waals surface area contributed by atoms with Gasteiger partial charge in [-0.05, 0) is 44.2 Å². The summed E-state index contributed by atoms with van der Waals surface area (Å²) in [4.78, 5) is 25.4. The fourth-order valence-corrected chi connectivity index (χ4v) is 4.10. The predicted octanol–water partition coefficient (Wildman–Crippen LogP) is 5.46. The number of aromatic nitrogens is 2. The molecule has 0 saturated carbocycles. The van der Waals surface area contributed by atoms with E-state index in [0.29, 0.717) is 17.0 Å². The highest BCUT2D eigenvalue weighted by Gasteiger charge is 2.25. The largest absolute Gasteiger partial charge is 0.465 e. The Labute approximate surface area is 188 Å². The molecule has 0 fully saturated rings. The molecule has 0 saturated heterocycles.